The molecule has 0 aliphatic carbocycles. The standard InChI is InChI=1S/C26H27NO6/c1-18(19-10-5-4-6-11-19)27(16-20-12-7-8-14-22(20)31-2)24(28)17-33-25-21(26(29)30)13-9-15-23(25)32-3/h4-15,18H,16-17H2,1-3H3,(H,29,30)/t18-/m1/s1. The van der Waals surface area contributed by atoms with E-state index in [9.17, 15) is 14.7 Å². The van der Waals surface area contributed by atoms with Crippen LogP contribution in [-0.4, -0.2) is 42.7 Å². The fourth-order valence-corrected chi connectivity index (χ4v) is 3.58. The molecular weight excluding hydrogens is 422 g/mol. The number of hydrogen-bond donors (Lipinski definition) is 1. The van der Waals surface area contributed by atoms with E-state index in [0.717, 1.165) is 11.1 Å². The molecule has 0 saturated heterocycles. The number of ether oxygens (including phenoxy) is 3. The molecule has 0 saturated carbocycles. The molecule has 0 spiro atoms. The molecule has 3 aromatic carbocycles. The van der Waals surface area contributed by atoms with Crippen LogP contribution in [0, 0.1) is 0 Å². The van der Waals surface area contributed by atoms with E-state index in [1.807, 2.05) is 61.5 Å². The first-order chi connectivity index (χ1) is 16.0. The summed E-state index contributed by atoms with van der Waals surface area (Å²) in [5.74, 6) is -0.533. The van der Waals surface area contributed by atoms with Gasteiger partial charge >= 0.3 is 5.97 Å². The summed E-state index contributed by atoms with van der Waals surface area (Å²) < 4.78 is 16.4. The lowest BCUT2D eigenvalue weighted by molar-refractivity contribution is -0.136. The second kappa shape index (κ2) is 11.0. The Morgan fingerprint density at radius 3 is 2.18 bits per heavy atom. The Morgan fingerprint density at radius 2 is 1.52 bits per heavy atom. The average Bonchev–Trinajstić information content (AvgIpc) is 2.85. The van der Waals surface area contributed by atoms with E-state index in [-0.39, 0.29) is 35.6 Å². The highest BCUT2D eigenvalue weighted by atomic mass is 16.5. The molecule has 33 heavy (non-hydrogen) atoms. The number of aromatic carboxylic acids is 1. The normalized spacial score (nSPS) is 11.4. The minimum absolute atomic E-state index is 0.0189. The summed E-state index contributed by atoms with van der Waals surface area (Å²) in [5, 5.41) is 9.50. The van der Waals surface area contributed by atoms with Gasteiger partial charge in [0.2, 0.25) is 0 Å². The van der Waals surface area contributed by atoms with Crippen molar-refractivity contribution in [3.05, 3.63) is 89.5 Å². The van der Waals surface area contributed by atoms with Crippen molar-refractivity contribution in [1.82, 2.24) is 4.90 Å². The zero-order valence-electron chi connectivity index (χ0n) is 18.9. The number of benzene rings is 3. The summed E-state index contributed by atoms with van der Waals surface area (Å²) in [6.07, 6.45) is 0. The third-order valence-corrected chi connectivity index (χ3v) is 5.37. The van der Waals surface area contributed by atoms with Crippen molar-refractivity contribution in [2.75, 3.05) is 20.8 Å². The van der Waals surface area contributed by atoms with E-state index < -0.39 is 5.97 Å². The van der Waals surface area contributed by atoms with Gasteiger partial charge in [0, 0.05) is 5.56 Å². The van der Waals surface area contributed by atoms with Crippen molar-refractivity contribution in [3.63, 3.8) is 0 Å². The van der Waals surface area contributed by atoms with Gasteiger partial charge in [0.05, 0.1) is 26.8 Å². The van der Waals surface area contributed by atoms with Crippen LogP contribution in [0.4, 0.5) is 0 Å². The van der Waals surface area contributed by atoms with Gasteiger partial charge in [-0.05, 0) is 30.7 Å². The SMILES string of the molecule is COc1ccccc1CN(C(=O)COc1c(OC)cccc1C(=O)O)[C@H](C)c1ccccc1. The topological polar surface area (TPSA) is 85.3 Å². The highest BCUT2D eigenvalue weighted by Gasteiger charge is 2.25. The number of para-hydroxylation sites is 2. The number of amides is 1. The van der Waals surface area contributed by atoms with Crippen LogP contribution in [0.2, 0.25) is 0 Å². The quantitative estimate of drug-likeness (QED) is 0.488. The van der Waals surface area contributed by atoms with Gasteiger partial charge in [-0.3, -0.25) is 4.79 Å². The minimum atomic E-state index is -1.17. The van der Waals surface area contributed by atoms with Gasteiger partial charge in [-0.25, -0.2) is 4.79 Å². The van der Waals surface area contributed by atoms with Gasteiger partial charge in [-0.15, -0.1) is 0 Å². The Hall–Kier alpha value is -4.00. The monoisotopic (exact) mass is 449 g/mol. The third-order valence-electron chi connectivity index (χ3n) is 5.37. The van der Waals surface area contributed by atoms with Crippen LogP contribution in [0.1, 0.15) is 34.5 Å². The average molecular weight is 450 g/mol. The fourth-order valence-electron chi connectivity index (χ4n) is 3.58. The molecule has 0 aliphatic rings. The van der Waals surface area contributed by atoms with Crippen LogP contribution >= 0.6 is 0 Å². The molecule has 1 amide bonds. The van der Waals surface area contributed by atoms with Gasteiger partial charge in [0.25, 0.3) is 5.91 Å². The molecule has 7 heteroatoms. The van der Waals surface area contributed by atoms with Crippen molar-refractivity contribution in [3.8, 4) is 17.2 Å². The predicted molar refractivity (Wildman–Crippen MR) is 124 cm³/mol. The van der Waals surface area contributed by atoms with Crippen molar-refractivity contribution in [1.29, 1.82) is 0 Å². The smallest absolute Gasteiger partial charge is 0.339 e. The maximum atomic E-state index is 13.4. The molecule has 0 aliphatic heterocycles. The number of rotatable bonds is 10. The number of nitrogens with zero attached hydrogens (tertiary/aromatic N) is 1. The molecule has 7 nitrogen and oxygen atoms in total. The molecule has 0 radical (unpaired) electrons. The summed E-state index contributed by atoms with van der Waals surface area (Å²) in [4.78, 5) is 26.7. The van der Waals surface area contributed by atoms with E-state index in [1.54, 1.807) is 24.1 Å². The second-order valence-electron chi connectivity index (χ2n) is 7.35. The third kappa shape index (κ3) is 5.63. The zero-order valence-corrected chi connectivity index (χ0v) is 18.9. The van der Waals surface area contributed by atoms with Gasteiger partial charge in [-0.1, -0.05) is 54.6 Å². The molecule has 0 aromatic heterocycles. The molecule has 0 heterocycles. The highest BCUT2D eigenvalue weighted by Crippen LogP contribution is 2.32. The van der Waals surface area contributed by atoms with Gasteiger partial charge < -0.3 is 24.2 Å². The van der Waals surface area contributed by atoms with E-state index in [2.05, 4.69) is 0 Å². The molecular formula is C26H27NO6. The number of carbonyl (C=O) groups is 2. The highest BCUT2D eigenvalue weighted by molar-refractivity contribution is 5.92. The predicted octanol–water partition coefficient (Wildman–Crippen LogP) is 4.57. The van der Waals surface area contributed by atoms with Crippen LogP contribution in [0.3, 0.4) is 0 Å². The lowest BCUT2D eigenvalue weighted by Gasteiger charge is -2.30. The zero-order chi connectivity index (χ0) is 23.8. The Kier molecular flexibility index (Phi) is 7.91. The summed E-state index contributed by atoms with van der Waals surface area (Å²) in [6, 6.07) is 21.5. The van der Waals surface area contributed by atoms with Crippen LogP contribution in [0.15, 0.2) is 72.8 Å². The Bertz CT molecular complexity index is 1100. The van der Waals surface area contributed by atoms with Crippen molar-refractivity contribution >= 4 is 11.9 Å². The number of methoxy groups -OCH3 is 2. The van der Waals surface area contributed by atoms with Crippen LogP contribution < -0.4 is 14.2 Å². The number of hydrogen-bond acceptors (Lipinski definition) is 5. The molecule has 3 rings (SSSR count). The number of carbonyl (C=O) groups excluding carboxylic acids is 1. The van der Waals surface area contributed by atoms with E-state index in [1.165, 1.54) is 13.2 Å². The first kappa shape index (κ1) is 23.7. The maximum absolute atomic E-state index is 13.4. The first-order valence-electron chi connectivity index (χ1n) is 10.5. The Labute approximate surface area is 193 Å². The lowest BCUT2D eigenvalue weighted by atomic mass is 10.1. The summed E-state index contributed by atoms with van der Waals surface area (Å²) >= 11 is 0. The van der Waals surface area contributed by atoms with Crippen LogP contribution in [-0.2, 0) is 11.3 Å². The molecule has 3 aromatic rings. The van der Waals surface area contributed by atoms with Crippen molar-refractivity contribution in [2.45, 2.75) is 19.5 Å². The molecule has 0 fully saturated rings. The second-order valence-corrected chi connectivity index (χ2v) is 7.35. The number of carboxylic acids is 1. The maximum Gasteiger partial charge on any atom is 0.339 e. The largest absolute Gasteiger partial charge is 0.496 e. The lowest BCUT2D eigenvalue weighted by Crippen LogP contribution is -2.36. The first-order valence-corrected chi connectivity index (χ1v) is 10.5. The van der Waals surface area contributed by atoms with Gasteiger partial charge in [0.15, 0.2) is 18.1 Å². The van der Waals surface area contributed by atoms with E-state index in [0.29, 0.717) is 12.3 Å². The van der Waals surface area contributed by atoms with E-state index in [4.69, 9.17) is 14.2 Å². The molecule has 1 atom stereocenters. The van der Waals surface area contributed by atoms with Crippen LogP contribution in [0.5, 0.6) is 17.2 Å². The summed E-state index contributed by atoms with van der Waals surface area (Å²) in [7, 11) is 3.00. The summed E-state index contributed by atoms with van der Waals surface area (Å²) in [6.45, 7) is 1.88. The Balaban J connectivity index is 1.89. The van der Waals surface area contributed by atoms with Crippen molar-refractivity contribution in [2.24, 2.45) is 0 Å². The molecule has 0 bridgehead atoms. The molecule has 1 N–H and O–H groups in total. The number of carboxylic acid groups (broad SMARTS) is 1. The minimum Gasteiger partial charge on any atom is -0.496 e. The van der Waals surface area contributed by atoms with Crippen LogP contribution in [0.25, 0.3) is 0 Å². The van der Waals surface area contributed by atoms with E-state index >= 15 is 0 Å². The van der Waals surface area contributed by atoms with Crippen molar-refractivity contribution < 1.29 is 28.9 Å². The fraction of sp³-hybridized carbons (Fsp3) is 0.231. The summed E-state index contributed by atoms with van der Waals surface area (Å²) in [5.41, 5.74) is 1.73. The Morgan fingerprint density at radius 1 is 0.879 bits per heavy atom. The molecule has 172 valence electrons. The van der Waals surface area contributed by atoms with Gasteiger partial charge in [-0.2, -0.15) is 0 Å². The molecule has 0 unspecified atom stereocenters. The van der Waals surface area contributed by atoms with Gasteiger partial charge in [0.1, 0.15) is 11.3 Å².